The Labute approximate surface area is 184 Å². The van der Waals surface area contributed by atoms with Crippen molar-refractivity contribution >= 4 is 11.6 Å². The average Bonchev–Trinajstić information content (AvgIpc) is 2.73. The normalized spacial score (nSPS) is 11.9. The van der Waals surface area contributed by atoms with Crippen molar-refractivity contribution in [2.45, 2.75) is 34.6 Å². The summed E-state index contributed by atoms with van der Waals surface area (Å²) < 4.78 is 17.5. The Kier molecular flexibility index (Phi) is 7.14. The zero-order chi connectivity index (χ0) is 22.4. The number of methoxy groups -OCH3 is 1. The fourth-order valence-corrected chi connectivity index (χ4v) is 3.13. The van der Waals surface area contributed by atoms with Gasteiger partial charge in [0.25, 0.3) is 0 Å². The zero-order valence-corrected chi connectivity index (χ0v) is 19.0. The molecule has 0 atom stereocenters. The van der Waals surface area contributed by atoms with Crippen LogP contribution in [0.3, 0.4) is 0 Å². The quantitative estimate of drug-likeness (QED) is 0.247. The Morgan fingerprint density at radius 3 is 2.13 bits per heavy atom. The maximum Gasteiger partial charge on any atom is 0.225 e. The van der Waals surface area contributed by atoms with Gasteiger partial charge in [-0.25, -0.2) is 4.99 Å². The third-order valence-electron chi connectivity index (χ3n) is 4.90. The summed E-state index contributed by atoms with van der Waals surface area (Å²) in [7, 11) is 1.62. The van der Waals surface area contributed by atoms with E-state index in [4.69, 9.17) is 19.2 Å². The van der Waals surface area contributed by atoms with Crippen LogP contribution < -0.4 is 14.2 Å². The highest BCUT2D eigenvalue weighted by Crippen LogP contribution is 2.27. The molecule has 0 bridgehead atoms. The van der Waals surface area contributed by atoms with Crippen molar-refractivity contribution < 1.29 is 14.2 Å². The van der Waals surface area contributed by atoms with Gasteiger partial charge in [0.15, 0.2) is 11.5 Å². The van der Waals surface area contributed by atoms with E-state index in [1.54, 1.807) is 13.4 Å². The van der Waals surface area contributed by atoms with Crippen LogP contribution in [0.2, 0.25) is 0 Å². The lowest BCUT2D eigenvalue weighted by molar-refractivity contribution is 0.377. The average molecular weight is 416 g/mol. The first-order valence-electron chi connectivity index (χ1n) is 10.2. The van der Waals surface area contributed by atoms with Gasteiger partial charge in [0.2, 0.25) is 5.90 Å². The molecule has 0 heterocycles. The Hall–Kier alpha value is -3.53. The zero-order valence-electron chi connectivity index (χ0n) is 19.0. The van der Waals surface area contributed by atoms with Gasteiger partial charge >= 0.3 is 0 Å². The summed E-state index contributed by atoms with van der Waals surface area (Å²) in [6.07, 6.45) is 1.64. The van der Waals surface area contributed by atoms with E-state index < -0.39 is 0 Å². The maximum absolute atomic E-state index is 6.23. The number of nitrogens with zero attached hydrogens (tertiary/aromatic N) is 1. The number of benzene rings is 3. The van der Waals surface area contributed by atoms with E-state index >= 15 is 0 Å². The molecule has 0 aromatic heterocycles. The van der Waals surface area contributed by atoms with Crippen molar-refractivity contribution in [3.05, 3.63) is 94.8 Å². The molecule has 0 aliphatic carbocycles. The fourth-order valence-electron chi connectivity index (χ4n) is 3.13. The Morgan fingerprint density at radius 2 is 1.48 bits per heavy atom. The minimum Gasteiger partial charge on any atom is -0.493 e. The number of hydrogen-bond donors (Lipinski definition) is 0. The van der Waals surface area contributed by atoms with Crippen molar-refractivity contribution in [1.82, 2.24) is 0 Å². The summed E-state index contributed by atoms with van der Waals surface area (Å²) in [5, 5.41) is 0. The number of rotatable bonds is 6. The molecule has 3 aromatic carbocycles. The van der Waals surface area contributed by atoms with Crippen LogP contribution in [-0.2, 0) is 0 Å². The number of ether oxygens (including phenoxy) is 3. The Bertz CT molecular complexity index is 1110. The molecule has 4 nitrogen and oxygen atoms in total. The third-order valence-corrected chi connectivity index (χ3v) is 4.90. The van der Waals surface area contributed by atoms with E-state index in [9.17, 15) is 0 Å². The molecule has 160 valence electrons. The van der Waals surface area contributed by atoms with E-state index in [2.05, 4.69) is 32.0 Å². The van der Waals surface area contributed by atoms with Crippen molar-refractivity contribution in [1.29, 1.82) is 0 Å². The standard InChI is InChI=1S/C27H29NO3/c1-18-13-19(2)15-24(14-18)31-27(28-23-12-11-20(3)21(4)16-23)22(5)17-30-26-10-8-7-9-25(26)29-6/h7-17H,1-6H3/b22-17+,28-27?. The van der Waals surface area contributed by atoms with E-state index in [1.165, 1.54) is 11.1 Å². The topological polar surface area (TPSA) is 40.0 Å². The van der Waals surface area contributed by atoms with Gasteiger partial charge in [0.1, 0.15) is 5.75 Å². The molecule has 0 spiro atoms. The van der Waals surface area contributed by atoms with E-state index in [-0.39, 0.29) is 0 Å². The van der Waals surface area contributed by atoms with Crippen molar-refractivity contribution in [3.63, 3.8) is 0 Å². The minimum atomic E-state index is 0.475. The molecule has 3 aromatic rings. The molecule has 0 saturated heterocycles. The minimum absolute atomic E-state index is 0.475. The molecule has 0 amide bonds. The lowest BCUT2D eigenvalue weighted by Crippen LogP contribution is -2.11. The molecule has 4 heteroatoms. The first-order valence-corrected chi connectivity index (χ1v) is 10.2. The summed E-state index contributed by atoms with van der Waals surface area (Å²) in [4.78, 5) is 4.78. The van der Waals surface area contributed by atoms with E-state index in [0.29, 0.717) is 17.4 Å². The van der Waals surface area contributed by atoms with Crippen LogP contribution in [0.25, 0.3) is 0 Å². The van der Waals surface area contributed by atoms with Crippen LogP contribution in [0, 0.1) is 27.7 Å². The van der Waals surface area contributed by atoms with Crippen molar-refractivity contribution in [2.75, 3.05) is 7.11 Å². The first kappa shape index (κ1) is 22.2. The summed E-state index contributed by atoms with van der Waals surface area (Å²) in [5.41, 5.74) is 6.25. The second-order valence-corrected chi connectivity index (χ2v) is 7.68. The molecule has 31 heavy (non-hydrogen) atoms. The number of aryl methyl sites for hydroxylation is 4. The Morgan fingerprint density at radius 1 is 0.806 bits per heavy atom. The third kappa shape index (κ3) is 5.98. The van der Waals surface area contributed by atoms with Crippen LogP contribution in [0.5, 0.6) is 17.2 Å². The van der Waals surface area contributed by atoms with Gasteiger partial charge in [-0.15, -0.1) is 0 Å². The van der Waals surface area contributed by atoms with Crippen LogP contribution >= 0.6 is 0 Å². The summed E-state index contributed by atoms with van der Waals surface area (Å²) in [6.45, 7) is 10.2. The molecule has 0 fully saturated rings. The molecule has 0 aliphatic heterocycles. The predicted octanol–water partition coefficient (Wildman–Crippen LogP) is 7.02. The molecule has 3 rings (SSSR count). The van der Waals surface area contributed by atoms with Gasteiger partial charge < -0.3 is 14.2 Å². The second kappa shape index (κ2) is 9.98. The van der Waals surface area contributed by atoms with Gasteiger partial charge in [0, 0.05) is 5.57 Å². The summed E-state index contributed by atoms with van der Waals surface area (Å²) >= 11 is 0. The van der Waals surface area contributed by atoms with Gasteiger partial charge in [0.05, 0.1) is 19.1 Å². The van der Waals surface area contributed by atoms with E-state index in [0.717, 1.165) is 28.1 Å². The summed E-state index contributed by atoms with van der Waals surface area (Å²) in [5.74, 6) is 2.50. The van der Waals surface area contributed by atoms with Gasteiger partial charge in [-0.1, -0.05) is 24.3 Å². The fraction of sp³-hybridized carbons (Fsp3) is 0.222. The Balaban J connectivity index is 1.97. The predicted molar refractivity (Wildman–Crippen MR) is 127 cm³/mol. The smallest absolute Gasteiger partial charge is 0.225 e. The number of hydrogen-bond acceptors (Lipinski definition) is 4. The molecule has 0 aliphatic rings. The molecule has 0 N–H and O–H groups in total. The number of aliphatic imine (C=N–C) groups is 1. The van der Waals surface area contributed by atoms with Gasteiger partial charge in [-0.2, -0.15) is 0 Å². The van der Waals surface area contributed by atoms with E-state index in [1.807, 2.05) is 63.2 Å². The maximum atomic E-state index is 6.23. The van der Waals surface area contributed by atoms with Gasteiger partial charge in [-0.05, 0) is 93.3 Å². The molecular weight excluding hydrogens is 386 g/mol. The van der Waals surface area contributed by atoms with Crippen LogP contribution in [0.1, 0.15) is 29.2 Å². The number of para-hydroxylation sites is 2. The lowest BCUT2D eigenvalue weighted by Gasteiger charge is -2.13. The van der Waals surface area contributed by atoms with Crippen molar-refractivity contribution in [2.24, 2.45) is 4.99 Å². The lowest BCUT2D eigenvalue weighted by atomic mass is 10.1. The van der Waals surface area contributed by atoms with Crippen molar-refractivity contribution in [3.8, 4) is 17.2 Å². The highest BCUT2D eigenvalue weighted by Gasteiger charge is 2.10. The van der Waals surface area contributed by atoms with Crippen LogP contribution in [-0.4, -0.2) is 13.0 Å². The first-order chi connectivity index (χ1) is 14.9. The SMILES string of the molecule is COc1ccccc1O/C=C(\C)C(=Nc1ccc(C)c(C)c1)Oc1cc(C)cc(C)c1. The second-order valence-electron chi connectivity index (χ2n) is 7.68. The molecular formula is C27H29NO3. The summed E-state index contributed by atoms with van der Waals surface area (Å²) in [6, 6.07) is 19.7. The van der Waals surface area contributed by atoms with Gasteiger partial charge in [-0.3, -0.25) is 0 Å². The van der Waals surface area contributed by atoms with Crippen LogP contribution in [0.4, 0.5) is 5.69 Å². The van der Waals surface area contributed by atoms with Crippen LogP contribution in [0.15, 0.2) is 77.5 Å². The highest BCUT2D eigenvalue weighted by molar-refractivity contribution is 5.96. The molecule has 0 saturated carbocycles. The monoisotopic (exact) mass is 415 g/mol. The molecule has 0 unspecified atom stereocenters. The molecule has 0 radical (unpaired) electrons. The largest absolute Gasteiger partial charge is 0.493 e. The highest BCUT2D eigenvalue weighted by atomic mass is 16.5.